The van der Waals surface area contributed by atoms with Gasteiger partial charge in [0.15, 0.2) is 11.5 Å². The molecular formula is C15H22BrNO3. The van der Waals surface area contributed by atoms with E-state index in [1.165, 1.54) is 5.56 Å². The lowest BCUT2D eigenvalue weighted by Gasteiger charge is -2.25. The van der Waals surface area contributed by atoms with Crippen molar-refractivity contribution < 1.29 is 14.2 Å². The molecule has 1 aromatic carbocycles. The summed E-state index contributed by atoms with van der Waals surface area (Å²) in [6.07, 6.45) is 2.17. The van der Waals surface area contributed by atoms with Crippen molar-refractivity contribution in [3.63, 3.8) is 0 Å². The first kappa shape index (κ1) is 15.6. The standard InChI is InChI=1S/C15H22BrNO3/c1-3-17-9-11-7-13(16)15(14(8-11)18-2)20-12-5-4-6-19-10-12/h7-8,12,17H,3-6,9-10H2,1-2H3. The summed E-state index contributed by atoms with van der Waals surface area (Å²) >= 11 is 3.58. The molecule has 0 amide bonds. The van der Waals surface area contributed by atoms with Crippen LogP contribution in [0.2, 0.25) is 0 Å². The molecule has 0 spiro atoms. The Morgan fingerprint density at radius 1 is 1.45 bits per heavy atom. The van der Waals surface area contributed by atoms with Gasteiger partial charge in [0.1, 0.15) is 6.10 Å². The van der Waals surface area contributed by atoms with Crippen LogP contribution in [0.1, 0.15) is 25.3 Å². The molecule has 0 saturated carbocycles. The van der Waals surface area contributed by atoms with Crippen LogP contribution in [0.15, 0.2) is 16.6 Å². The van der Waals surface area contributed by atoms with Crippen LogP contribution < -0.4 is 14.8 Å². The van der Waals surface area contributed by atoms with E-state index in [0.29, 0.717) is 6.61 Å². The SMILES string of the molecule is CCNCc1cc(Br)c(OC2CCCOC2)c(OC)c1. The molecule has 5 heteroatoms. The minimum atomic E-state index is 0.105. The molecular weight excluding hydrogens is 322 g/mol. The molecule has 1 unspecified atom stereocenters. The van der Waals surface area contributed by atoms with E-state index in [9.17, 15) is 0 Å². The smallest absolute Gasteiger partial charge is 0.175 e. The molecule has 0 bridgehead atoms. The fraction of sp³-hybridized carbons (Fsp3) is 0.600. The Morgan fingerprint density at radius 3 is 2.95 bits per heavy atom. The lowest BCUT2D eigenvalue weighted by atomic mass is 10.1. The van der Waals surface area contributed by atoms with Gasteiger partial charge in [-0.2, -0.15) is 0 Å². The summed E-state index contributed by atoms with van der Waals surface area (Å²) in [4.78, 5) is 0. The normalized spacial score (nSPS) is 18.9. The molecule has 1 N–H and O–H groups in total. The third kappa shape index (κ3) is 4.11. The second kappa shape index (κ2) is 7.86. The Kier molecular flexibility index (Phi) is 6.13. The van der Waals surface area contributed by atoms with Crippen molar-refractivity contribution in [1.82, 2.24) is 5.32 Å². The van der Waals surface area contributed by atoms with Crippen molar-refractivity contribution >= 4 is 15.9 Å². The average Bonchev–Trinajstić information content (AvgIpc) is 2.48. The van der Waals surface area contributed by atoms with Gasteiger partial charge in [0.25, 0.3) is 0 Å². The largest absolute Gasteiger partial charge is 0.493 e. The van der Waals surface area contributed by atoms with E-state index in [-0.39, 0.29) is 6.10 Å². The zero-order valence-electron chi connectivity index (χ0n) is 12.1. The van der Waals surface area contributed by atoms with E-state index in [0.717, 1.165) is 48.5 Å². The third-order valence-electron chi connectivity index (χ3n) is 3.27. The average molecular weight is 344 g/mol. The van der Waals surface area contributed by atoms with Gasteiger partial charge in [-0.05, 0) is 53.0 Å². The lowest BCUT2D eigenvalue weighted by Crippen LogP contribution is -2.28. The first-order valence-electron chi connectivity index (χ1n) is 7.06. The van der Waals surface area contributed by atoms with Crippen molar-refractivity contribution in [2.75, 3.05) is 26.9 Å². The second-order valence-corrected chi connectivity index (χ2v) is 5.70. The number of rotatable bonds is 6. The minimum Gasteiger partial charge on any atom is -0.493 e. The summed E-state index contributed by atoms with van der Waals surface area (Å²) in [7, 11) is 1.67. The number of hydrogen-bond acceptors (Lipinski definition) is 4. The third-order valence-corrected chi connectivity index (χ3v) is 3.86. The van der Waals surface area contributed by atoms with Crippen LogP contribution >= 0.6 is 15.9 Å². The van der Waals surface area contributed by atoms with E-state index in [1.807, 2.05) is 6.07 Å². The molecule has 0 aliphatic carbocycles. The van der Waals surface area contributed by atoms with Gasteiger partial charge in [-0.3, -0.25) is 0 Å². The molecule has 112 valence electrons. The van der Waals surface area contributed by atoms with E-state index < -0.39 is 0 Å². The summed E-state index contributed by atoms with van der Waals surface area (Å²) in [6, 6.07) is 4.09. The molecule has 1 fully saturated rings. The quantitative estimate of drug-likeness (QED) is 0.861. The number of ether oxygens (including phenoxy) is 3. The van der Waals surface area contributed by atoms with E-state index in [2.05, 4.69) is 34.2 Å². The molecule has 4 nitrogen and oxygen atoms in total. The maximum atomic E-state index is 6.05. The van der Waals surface area contributed by atoms with Gasteiger partial charge >= 0.3 is 0 Å². The van der Waals surface area contributed by atoms with Gasteiger partial charge in [-0.1, -0.05) is 6.92 Å². The highest BCUT2D eigenvalue weighted by atomic mass is 79.9. The van der Waals surface area contributed by atoms with E-state index in [4.69, 9.17) is 14.2 Å². The maximum absolute atomic E-state index is 6.05. The lowest BCUT2D eigenvalue weighted by molar-refractivity contribution is 0.00610. The molecule has 1 aromatic rings. The Labute approximate surface area is 128 Å². The van der Waals surface area contributed by atoms with Crippen molar-refractivity contribution in [1.29, 1.82) is 0 Å². The second-order valence-electron chi connectivity index (χ2n) is 4.85. The van der Waals surface area contributed by atoms with Gasteiger partial charge in [-0.15, -0.1) is 0 Å². The van der Waals surface area contributed by atoms with Gasteiger partial charge in [0.05, 0.1) is 18.2 Å². The number of hydrogen-bond donors (Lipinski definition) is 1. The first-order chi connectivity index (χ1) is 9.74. The molecule has 0 radical (unpaired) electrons. The maximum Gasteiger partial charge on any atom is 0.175 e. The van der Waals surface area contributed by atoms with Crippen LogP contribution in [0, 0.1) is 0 Å². The molecule has 1 saturated heterocycles. The van der Waals surface area contributed by atoms with Crippen molar-refractivity contribution in [3.05, 3.63) is 22.2 Å². The summed E-state index contributed by atoms with van der Waals surface area (Å²) in [5, 5.41) is 3.31. The molecule has 1 atom stereocenters. The Hall–Kier alpha value is -0.780. The number of benzene rings is 1. The van der Waals surface area contributed by atoms with Crippen LogP contribution in [0.5, 0.6) is 11.5 Å². The highest BCUT2D eigenvalue weighted by Gasteiger charge is 2.20. The molecule has 2 rings (SSSR count). The Bertz CT molecular complexity index is 433. The van der Waals surface area contributed by atoms with E-state index >= 15 is 0 Å². The Balaban J connectivity index is 2.14. The first-order valence-corrected chi connectivity index (χ1v) is 7.85. The van der Waals surface area contributed by atoms with Gasteiger partial charge in [0, 0.05) is 13.2 Å². The monoisotopic (exact) mass is 343 g/mol. The minimum absolute atomic E-state index is 0.105. The predicted octanol–water partition coefficient (Wildman–Crippen LogP) is 3.13. The molecule has 0 aromatic heterocycles. The summed E-state index contributed by atoms with van der Waals surface area (Å²) in [5.74, 6) is 1.53. The van der Waals surface area contributed by atoms with Gasteiger partial charge in [0.2, 0.25) is 0 Å². The van der Waals surface area contributed by atoms with Crippen LogP contribution in [-0.4, -0.2) is 33.0 Å². The molecule has 20 heavy (non-hydrogen) atoms. The fourth-order valence-corrected chi connectivity index (χ4v) is 2.81. The van der Waals surface area contributed by atoms with E-state index in [1.54, 1.807) is 7.11 Å². The van der Waals surface area contributed by atoms with Crippen molar-refractivity contribution in [2.24, 2.45) is 0 Å². The highest BCUT2D eigenvalue weighted by molar-refractivity contribution is 9.10. The Morgan fingerprint density at radius 2 is 2.30 bits per heavy atom. The molecule has 1 aliphatic rings. The molecule has 1 aliphatic heterocycles. The van der Waals surface area contributed by atoms with Crippen LogP contribution in [0.3, 0.4) is 0 Å². The highest BCUT2D eigenvalue weighted by Crippen LogP contribution is 2.38. The summed E-state index contributed by atoms with van der Waals surface area (Å²) in [6.45, 7) is 5.33. The van der Waals surface area contributed by atoms with Crippen molar-refractivity contribution in [2.45, 2.75) is 32.4 Å². The molecule has 1 heterocycles. The van der Waals surface area contributed by atoms with Crippen LogP contribution in [-0.2, 0) is 11.3 Å². The zero-order chi connectivity index (χ0) is 14.4. The fourth-order valence-electron chi connectivity index (χ4n) is 2.23. The van der Waals surface area contributed by atoms with Crippen LogP contribution in [0.4, 0.5) is 0 Å². The van der Waals surface area contributed by atoms with Gasteiger partial charge in [-0.25, -0.2) is 0 Å². The summed E-state index contributed by atoms with van der Waals surface area (Å²) in [5.41, 5.74) is 1.17. The van der Waals surface area contributed by atoms with Crippen molar-refractivity contribution in [3.8, 4) is 11.5 Å². The zero-order valence-corrected chi connectivity index (χ0v) is 13.7. The summed E-state index contributed by atoms with van der Waals surface area (Å²) < 4.78 is 17.9. The van der Waals surface area contributed by atoms with Gasteiger partial charge < -0.3 is 19.5 Å². The number of halogens is 1. The topological polar surface area (TPSA) is 39.7 Å². The number of methoxy groups -OCH3 is 1. The predicted molar refractivity (Wildman–Crippen MR) is 82.5 cm³/mol. The number of nitrogens with one attached hydrogen (secondary N) is 1. The van der Waals surface area contributed by atoms with Crippen LogP contribution in [0.25, 0.3) is 0 Å².